The van der Waals surface area contributed by atoms with Gasteiger partial charge in [0.05, 0.1) is 31.1 Å². The Bertz CT molecular complexity index is 977. The molecule has 1 fully saturated rings. The molecule has 1 aromatic carbocycles. The molecule has 0 radical (unpaired) electrons. The van der Waals surface area contributed by atoms with E-state index in [1.165, 1.54) is 22.5 Å². The smallest absolute Gasteiger partial charge is 0.243 e. The number of hydrogen-bond acceptors (Lipinski definition) is 3. The van der Waals surface area contributed by atoms with E-state index in [2.05, 4.69) is 11.5 Å². The average molecular weight is 409 g/mol. The summed E-state index contributed by atoms with van der Waals surface area (Å²) in [5, 5.41) is 0. The maximum absolute atomic E-state index is 13.4. The number of carbonyl (C=O) groups excluding carboxylic acids is 1. The molecule has 1 saturated heterocycles. The maximum atomic E-state index is 13.4. The van der Waals surface area contributed by atoms with Crippen molar-refractivity contribution in [2.45, 2.75) is 32.2 Å². The lowest BCUT2D eigenvalue weighted by atomic mass is 10.1. The molecular weight excluding hydrogens is 381 g/mol. The fraction of sp³-hybridized carbons (Fsp3) is 0.450. The molecule has 28 heavy (non-hydrogen) atoms. The van der Waals surface area contributed by atoms with E-state index in [1.807, 2.05) is 19.9 Å². The SMILES string of the molecule is CCn1c(C)cc(C(=O)C[NH+]2CCN(S(=O)(=O)c3cccc(F)c3)CC2)c1C. The minimum absolute atomic E-state index is 0.0287. The van der Waals surface area contributed by atoms with Crippen molar-refractivity contribution in [1.82, 2.24) is 8.87 Å². The summed E-state index contributed by atoms with van der Waals surface area (Å²) in [4.78, 5) is 13.8. The molecule has 1 aliphatic heterocycles. The summed E-state index contributed by atoms with van der Waals surface area (Å²) in [6.45, 7) is 8.91. The van der Waals surface area contributed by atoms with Crippen LogP contribution in [0.1, 0.15) is 28.7 Å². The van der Waals surface area contributed by atoms with Gasteiger partial charge in [0.1, 0.15) is 12.4 Å². The predicted octanol–water partition coefficient (Wildman–Crippen LogP) is 1.04. The Morgan fingerprint density at radius 2 is 1.86 bits per heavy atom. The Labute approximate surface area is 165 Å². The summed E-state index contributed by atoms with van der Waals surface area (Å²) < 4.78 is 42.3. The lowest BCUT2D eigenvalue weighted by Crippen LogP contribution is -3.15. The van der Waals surface area contributed by atoms with Gasteiger partial charge in [-0.1, -0.05) is 6.07 Å². The van der Waals surface area contributed by atoms with Crippen LogP contribution in [0, 0.1) is 19.7 Å². The molecule has 0 unspecified atom stereocenters. The summed E-state index contributed by atoms with van der Waals surface area (Å²) in [6, 6.07) is 7.01. The van der Waals surface area contributed by atoms with Crippen LogP contribution in [0.2, 0.25) is 0 Å². The quantitative estimate of drug-likeness (QED) is 0.727. The van der Waals surface area contributed by atoms with Crippen LogP contribution in [0.4, 0.5) is 4.39 Å². The maximum Gasteiger partial charge on any atom is 0.243 e. The molecule has 1 N–H and O–H groups in total. The second-order valence-electron chi connectivity index (χ2n) is 7.24. The van der Waals surface area contributed by atoms with Gasteiger partial charge in [-0.2, -0.15) is 4.31 Å². The highest BCUT2D eigenvalue weighted by atomic mass is 32.2. The first-order chi connectivity index (χ1) is 13.2. The molecule has 0 amide bonds. The van der Waals surface area contributed by atoms with E-state index in [0.717, 1.165) is 34.5 Å². The number of carbonyl (C=O) groups is 1. The van der Waals surface area contributed by atoms with E-state index in [0.29, 0.717) is 32.7 Å². The lowest BCUT2D eigenvalue weighted by Gasteiger charge is -2.31. The van der Waals surface area contributed by atoms with E-state index >= 15 is 0 Å². The molecule has 0 saturated carbocycles. The first-order valence-electron chi connectivity index (χ1n) is 9.53. The normalized spacial score (nSPS) is 16.4. The van der Waals surface area contributed by atoms with Crippen molar-refractivity contribution in [3.05, 3.63) is 53.1 Å². The fourth-order valence-corrected chi connectivity index (χ4v) is 5.36. The number of ketones is 1. The van der Waals surface area contributed by atoms with Crippen molar-refractivity contribution in [3.8, 4) is 0 Å². The first kappa shape index (κ1) is 20.7. The van der Waals surface area contributed by atoms with Crippen molar-refractivity contribution in [2.75, 3.05) is 32.7 Å². The Hall–Kier alpha value is -2.03. The standard InChI is InChI=1S/C20H26FN3O3S/c1-4-24-15(2)12-19(16(24)3)20(25)14-22-8-10-23(11-9-22)28(26,27)18-7-5-6-17(21)13-18/h5-7,12-13H,4,8-11,14H2,1-3H3/p+1. The van der Waals surface area contributed by atoms with E-state index in [9.17, 15) is 17.6 Å². The van der Waals surface area contributed by atoms with Crippen molar-refractivity contribution >= 4 is 15.8 Å². The van der Waals surface area contributed by atoms with Crippen LogP contribution in [0.25, 0.3) is 0 Å². The van der Waals surface area contributed by atoms with Crippen LogP contribution < -0.4 is 4.90 Å². The van der Waals surface area contributed by atoms with Crippen molar-refractivity contribution in [3.63, 3.8) is 0 Å². The summed E-state index contributed by atoms with van der Waals surface area (Å²) >= 11 is 0. The number of Topliss-reactive ketones (excluding diaryl/α,β-unsaturated/α-hetero) is 1. The van der Waals surface area contributed by atoms with Crippen LogP contribution >= 0.6 is 0 Å². The van der Waals surface area contributed by atoms with E-state index < -0.39 is 15.8 Å². The highest BCUT2D eigenvalue weighted by Crippen LogP contribution is 2.17. The zero-order valence-corrected chi connectivity index (χ0v) is 17.4. The number of aryl methyl sites for hydroxylation is 1. The van der Waals surface area contributed by atoms with Gasteiger partial charge in [-0.15, -0.1) is 0 Å². The summed E-state index contributed by atoms with van der Waals surface area (Å²) in [5.41, 5.74) is 2.81. The molecule has 2 heterocycles. The van der Waals surface area contributed by atoms with Crippen LogP contribution in [0.3, 0.4) is 0 Å². The average Bonchev–Trinajstić information content (AvgIpc) is 2.96. The van der Waals surface area contributed by atoms with E-state index in [4.69, 9.17) is 0 Å². The number of quaternary nitrogens is 1. The van der Waals surface area contributed by atoms with Gasteiger partial charge in [0.15, 0.2) is 0 Å². The number of halogens is 1. The highest BCUT2D eigenvalue weighted by molar-refractivity contribution is 7.89. The molecule has 8 heteroatoms. The Morgan fingerprint density at radius 3 is 2.43 bits per heavy atom. The predicted molar refractivity (Wildman–Crippen MR) is 105 cm³/mol. The van der Waals surface area contributed by atoms with Gasteiger partial charge in [-0.25, -0.2) is 12.8 Å². The number of sulfonamides is 1. The largest absolute Gasteiger partial charge is 0.349 e. The monoisotopic (exact) mass is 408 g/mol. The number of nitrogens with zero attached hydrogens (tertiary/aromatic N) is 2. The Kier molecular flexibility index (Phi) is 6.02. The van der Waals surface area contributed by atoms with Gasteiger partial charge >= 0.3 is 0 Å². The Morgan fingerprint density at radius 1 is 1.18 bits per heavy atom. The van der Waals surface area contributed by atoms with Crippen LogP contribution in [-0.4, -0.2) is 55.8 Å². The van der Waals surface area contributed by atoms with Gasteiger partial charge in [0.25, 0.3) is 0 Å². The third-order valence-electron chi connectivity index (χ3n) is 5.46. The lowest BCUT2D eigenvalue weighted by molar-refractivity contribution is -0.895. The van der Waals surface area contributed by atoms with Crippen LogP contribution in [0.5, 0.6) is 0 Å². The third kappa shape index (κ3) is 4.04. The fourth-order valence-electron chi connectivity index (χ4n) is 3.89. The van der Waals surface area contributed by atoms with E-state index in [-0.39, 0.29) is 10.7 Å². The first-order valence-corrected chi connectivity index (χ1v) is 11.0. The molecule has 0 aliphatic carbocycles. The highest BCUT2D eigenvalue weighted by Gasteiger charge is 2.31. The third-order valence-corrected chi connectivity index (χ3v) is 7.36. The van der Waals surface area contributed by atoms with Crippen LogP contribution in [0.15, 0.2) is 35.2 Å². The zero-order chi connectivity index (χ0) is 20.5. The number of piperazine rings is 1. The molecule has 2 aromatic rings. The van der Waals surface area contributed by atoms with Gasteiger partial charge in [-0.3, -0.25) is 4.79 Å². The molecule has 1 aliphatic rings. The number of aromatic nitrogens is 1. The molecular formula is C20H27FN3O3S+. The summed E-state index contributed by atoms with van der Waals surface area (Å²) in [7, 11) is -3.71. The minimum atomic E-state index is -3.71. The Balaban J connectivity index is 1.63. The number of nitrogens with one attached hydrogen (secondary N) is 1. The second-order valence-corrected chi connectivity index (χ2v) is 9.18. The van der Waals surface area contributed by atoms with Crippen molar-refractivity contribution in [1.29, 1.82) is 0 Å². The van der Waals surface area contributed by atoms with Gasteiger partial charge in [0, 0.05) is 23.5 Å². The van der Waals surface area contributed by atoms with Crippen LogP contribution in [-0.2, 0) is 16.6 Å². The summed E-state index contributed by atoms with van der Waals surface area (Å²) in [6.07, 6.45) is 0. The number of rotatable bonds is 6. The van der Waals surface area contributed by atoms with Crippen molar-refractivity contribution < 1.29 is 22.5 Å². The molecule has 0 spiro atoms. The molecule has 0 atom stereocenters. The molecule has 0 bridgehead atoms. The minimum Gasteiger partial charge on any atom is -0.349 e. The van der Waals surface area contributed by atoms with Crippen molar-refractivity contribution in [2.24, 2.45) is 0 Å². The molecule has 152 valence electrons. The van der Waals surface area contributed by atoms with Gasteiger partial charge in [0.2, 0.25) is 15.8 Å². The van der Waals surface area contributed by atoms with Gasteiger partial charge in [-0.05, 0) is 45.0 Å². The molecule has 6 nitrogen and oxygen atoms in total. The topological polar surface area (TPSA) is 63.8 Å². The summed E-state index contributed by atoms with van der Waals surface area (Å²) in [5.74, 6) is -0.482. The number of benzene rings is 1. The number of hydrogen-bond donors (Lipinski definition) is 1. The molecule has 1 aromatic heterocycles. The molecule has 3 rings (SSSR count). The zero-order valence-electron chi connectivity index (χ0n) is 16.5. The van der Waals surface area contributed by atoms with Gasteiger partial charge < -0.3 is 9.47 Å². The second kappa shape index (κ2) is 8.14. The van der Waals surface area contributed by atoms with E-state index in [1.54, 1.807) is 0 Å².